The molecule has 0 radical (unpaired) electrons. The Hall–Kier alpha value is -1.33. The van der Waals surface area contributed by atoms with Crippen LogP contribution in [0.1, 0.15) is 5.56 Å². The highest BCUT2D eigenvalue weighted by atomic mass is 79.9. The quantitative estimate of drug-likeness (QED) is 0.821. The van der Waals surface area contributed by atoms with E-state index in [1.807, 2.05) is 13.0 Å². The van der Waals surface area contributed by atoms with E-state index in [-0.39, 0.29) is 5.15 Å². The summed E-state index contributed by atoms with van der Waals surface area (Å²) in [5.74, 6) is 0. The summed E-state index contributed by atoms with van der Waals surface area (Å²) >= 11 is 8.94. The molecule has 0 unspecified atom stereocenters. The van der Waals surface area contributed by atoms with Crippen molar-refractivity contribution in [3.05, 3.63) is 60.3 Å². The number of rotatable bonds is 1. The lowest BCUT2D eigenvalue weighted by Crippen LogP contribution is -2.32. The zero-order chi connectivity index (χ0) is 12.6. The van der Waals surface area contributed by atoms with E-state index >= 15 is 0 Å². The Balaban J connectivity index is 2.73. The van der Waals surface area contributed by atoms with Crippen LogP contribution in [0.3, 0.4) is 0 Å². The van der Waals surface area contributed by atoms with Crippen molar-refractivity contribution in [2.24, 2.45) is 0 Å². The Labute approximate surface area is 110 Å². The van der Waals surface area contributed by atoms with Gasteiger partial charge in [-0.3, -0.25) is 9.78 Å². The minimum absolute atomic E-state index is 0.0300. The number of nitrogens with one attached hydrogen (secondary N) is 1. The fourth-order valence-electron chi connectivity index (χ4n) is 1.43. The predicted octanol–water partition coefficient (Wildman–Crippen LogP) is 2.25. The Morgan fingerprint density at radius 3 is 2.59 bits per heavy atom. The van der Waals surface area contributed by atoms with E-state index in [1.165, 1.54) is 0 Å². The van der Waals surface area contributed by atoms with Crippen LogP contribution in [0.15, 0.2) is 38.3 Å². The second-order valence-corrected chi connectivity index (χ2v) is 4.79. The lowest BCUT2D eigenvalue weighted by atomic mass is 10.2. The molecule has 4 nitrogen and oxygen atoms in total. The molecule has 6 heteroatoms. The molecule has 0 amide bonds. The largest absolute Gasteiger partial charge is 0.334 e. The predicted molar refractivity (Wildman–Crippen MR) is 70.1 cm³/mol. The third-order valence-corrected chi connectivity index (χ3v) is 3.37. The highest BCUT2D eigenvalue weighted by molar-refractivity contribution is 9.10. The number of benzene rings is 1. The van der Waals surface area contributed by atoms with Crippen LogP contribution in [-0.2, 0) is 0 Å². The van der Waals surface area contributed by atoms with E-state index in [4.69, 9.17) is 11.6 Å². The molecule has 0 saturated heterocycles. The van der Waals surface area contributed by atoms with E-state index in [2.05, 4.69) is 20.9 Å². The topological polar surface area (TPSA) is 54.9 Å². The van der Waals surface area contributed by atoms with Crippen molar-refractivity contribution in [2.45, 2.75) is 6.92 Å². The maximum Gasteiger partial charge on any atom is 0.334 e. The van der Waals surface area contributed by atoms with Gasteiger partial charge in [0.1, 0.15) is 5.15 Å². The maximum absolute atomic E-state index is 11.7. The van der Waals surface area contributed by atoms with E-state index in [9.17, 15) is 9.59 Å². The van der Waals surface area contributed by atoms with Gasteiger partial charge in [0.2, 0.25) is 0 Å². The van der Waals surface area contributed by atoms with Gasteiger partial charge >= 0.3 is 5.69 Å². The van der Waals surface area contributed by atoms with Gasteiger partial charge in [-0.05, 0) is 24.6 Å². The lowest BCUT2D eigenvalue weighted by molar-refractivity contribution is 0.875. The first-order valence-corrected chi connectivity index (χ1v) is 5.94. The summed E-state index contributed by atoms with van der Waals surface area (Å²) in [6.45, 7) is 1.92. The molecule has 0 bridgehead atoms. The average molecular weight is 316 g/mol. The molecule has 0 fully saturated rings. The van der Waals surface area contributed by atoms with E-state index < -0.39 is 11.2 Å². The number of nitrogens with zero attached hydrogens (tertiary/aromatic N) is 1. The second-order valence-electron chi connectivity index (χ2n) is 3.53. The van der Waals surface area contributed by atoms with Crippen LogP contribution in [0.4, 0.5) is 0 Å². The number of H-pyrrole nitrogens is 1. The number of aromatic nitrogens is 2. The minimum Gasteiger partial charge on any atom is -0.297 e. The fraction of sp³-hybridized carbons (Fsp3) is 0.0909. The normalized spacial score (nSPS) is 10.5. The lowest BCUT2D eigenvalue weighted by Gasteiger charge is -2.06. The van der Waals surface area contributed by atoms with Gasteiger partial charge in [-0.2, -0.15) is 0 Å². The molecule has 2 aromatic rings. The van der Waals surface area contributed by atoms with Crippen molar-refractivity contribution in [3.63, 3.8) is 0 Å². The summed E-state index contributed by atoms with van der Waals surface area (Å²) in [6.07, 6.45) is 0. The Morgan fingerprint density at radius 2 is 2.00 bits per heavy atom. The molecular weight excluding hydrogens is 307 g/mol. The highest BCUT2D eigenvalue weighted by Gasteiger charge is 2.06. The molecule has 1 heterocycles. The van der Waals surface area contributed by atoms with Gasteiger partial charge in [-0.25, -0.2) is 9.36 Å². The van der Waals surface area contributed by atoms with Crippen molar-refractivity contribution < 1.29 is 0 Å². The Morgan fingerprint density at radius 1 is 1.29 bits per heavy atom. The molecule has 17 heavy (non-hydrogen) atoms. The van der Waals surface area contributed by atoms with Crippen molar-refractivity contribution in [2.75, 3.05) is 0 Å². The standard InChI is InChI=1S/C11H8BrClN2O2/c1-6-2-3-7(4-8(6)12)15-10(16)5-9(13)14-11(15)17/h2-5H,1H3,(H,14,17). The molecule has 1 aromatic heterocycles. The summed E-state index contributed by atoms with van der Waals surface area (Å²) in [4.78, 5) is 25.7. The minimum atomic E-state index is -0.557. The molecule has 0 saturated carbocycles. The van der Waals surface area contributed by atoms with Crippen molar-refractivity contribution >= 4 is 27.5 Å². The van der Waals surface area contributed by atoms with Crippen LogP contribution in [0.25, 0.3) is 5.69 Å². The van der Waals surface area contributed by atoms with E-state index in [0.717, 1.165) is 20.7 Å². The summed E-state index contributed by atoms with van der Waals surface area (Å²) in [7, 11) is 0. The van der Waals surface area contributed by atoms with Crippen LogP contribution in [0.5, 0.6) is 0 Å². The number of hydrogen-bond donors (Lipinski definition) is 1. The molecule has 0 aliphatic rings. The number of aromatic amines is 1. The average Bonchev–Trinajstić information content (AvgIpc) is 2.21. The van der Waals surface area contributed by atoms with Gasteiger partial charge < -0.3 is 0 Å². The summed E-state index contributed by atoms with van der Waals surface area (Å²) in [5, 5.41) is 0.0300. The molecule has 0 atom stereocenters. The Kier molecular flexibility index (Phi) is 3.22. The molecule has 88 valence electrons. The third kappa shape index (κ3) is 2.35. The first kappa shape index (κ1) is 12.1. The summed E-state index contributed by atoms with van der Waals surface area (Å²) < 4.78 is 1.85. The monoisotopic (exact) mass is 314 g/mol. The maximum atomic E-state index is 11.7. The van der Waals surface area contributed by atoms with Gasteiger partial charge in [0, 0.05) is 10.5 Å². The number of halogens is 2. The number of hydrogen-bond acceptors (Lipinski definition) is 2. The molecule has 0 aliphatic carbocycles. The van der Waals surface area contributed by atoms with Crippen molar-refractivity contribution in [1.82, 2.24) is 9.55 Å². The van der Waals surface area contributed by atoms with Gasteiger partial charge in [0.25, 0.3) is 5.56 Å². The van der Waals surface area contributed by atoms with Gasteiger partial charge in [0.15, 0.2) is 0 Å². The molecule has 2 rings (SSSR count). The van der Waals surface area contributed by atoms with Crippen LogP contribution in [0.2, 0.25) is 5.15 Å². The molecule has 1 aromatic carbocycles. The van der Waals surface area contributed by atoms with Gasteiger partial charge in [-0.1, -0.05) is 33.6 Å². The van der Waals surface area contributed by atoms with Crippen LogP contribution in [-0.4, -0.2) is 9.55 Å². The van der Waals surface area contributed by atoms with E-state index in [0.29, 0.717) is 5.69 Å². The molecule has 1 N–H and O–H groups in total. The van der Waals surface area contributed by atoms with Crippen LogP contribution >= 0.6 is 27.5 Å². The van der Waals surface area contributed by atoms with Gasteiger partial charge in [0.05, 0.1) is 5.69 Å². The smallest absolute Gasteiger partial charge is 0.297 e. The zero-order valence-corrected chi connectivity index (χ0v) is 11.2. The third-order valence-electron chi connectivity index (χ3n) is 2.31. The van der Waals surface area contributed by atoms with Gasteiger partial charge in [-0.15, -0.1) is 0 Å². The molecular formula is C11H8BrClN2O2. The molecule has 0 spiro atoms. The SMILES string of the molecule is Cc1ccc(-n2c(=O)cc(Cl)[nH]c2=O)cc1Br. The van der Waals surface area contributed by atoms with E-state index in [1.54, 1.807) is 12.1 Å². The van der Waals surface area contributed by atoms with Crippen molar-refractivity contribution in [1.29, 1.82) is 0 Å². The summed E-state index contributed by atoms with van der Waals surface area (Å²) in [5.41, 5.74) is 0.491. The second kappa shape index (κ2) is 4.50. The van der Waals surface area contributed by atoms with Crippen LogP contribution < -0.4 is 11.2 Å². The first-order chi connectivity index (χ1) is 7.99. The zero-order valence-electron chi connectivity index (χ0n) is 8.83. The molecule has 0 aliphatic heterocycles. The summed E-state index contributed by atoms with van der Waals surface area (Å²) in [6, 6.07) is 6.39. The highest BCUT2D eigenvalue weighted by Crippen LogP contribution is 2.18. The fourth-order valence-corrected chi connectivity index (χ4v) is 1.97. The first-order valence-electron chi connectivity index (χ1n) is 4.77. The Bertz CT molecular complexity index is 659. The number of aryl methyl sites for hydroxylation is 1. The van der Waals surface area contributed by atoms with Crippen molar-refractivity contribution in [3.8, 4) is 5.69 Å². The van der Waals surface area contributed by atoms with Crippen LogP contribution in [0, 0.1) is 6.92 Å².